The molecule has 79 valence electrons. The van der Waals surface area contributed by atoms with Crippen molar-refractivity contribution in [2.24, 2.45) is 0 Å². The summed E-state index contributed by atoms with van der Waals surface area (Å²) in [5.41, 5.74) is 0.786. The van der Waals surface area contributed by atoms with Crippen molar-refractivity contribution in [1.29, 1.82) is 5.26 Å². The van der Waals surface area contributed by atoms with Gasteiger partial charge in [-0.3, -0.25) is 0 Å². The molecule has 1 radical (unpaired) electrons. The molecule has 1 rings (SSSR count). The Morgan fingerprint density at radius 2 is 2.07 bits per heavy atom. The summed E-state index contributed by atoms with van der Waals surface area (Å²) in [4.78, 5) is 0. The van der Waals surface area contributed by atoms with Crippen LogP contribution >= 0.6 is 0 Å². The summed E-state index contributed by atoms with van der Waals surface area (Å²) in [6, 6.07) is 6.51. The van der Waals surface area contributed by atoms with E-state index in [1.54, 1.807) is 12.1 Å². The fraction of sp³-hybridized carbons (Fsp3) is 0.273. The number of hydrogen-bond acceptors (Lipinski definition) is 2. The molecule has 0 heterocycles. The second-order valence-electron chi connectivity index (χ2n) is 3.17. The van der Waals surface area contributed by atoms with Gasteiger partial charge in [-0.2, -0.15) is 14.0 Å². The Labute approximate surface area is 87.1 Å². The molecule has 0 aliphatic carbocycles. The fourth-order valence-corrected chi connectivity index (χ4v) is 1.26. The predicted molar refractivity (Wildman–Crippen MR) is 51.5 cm³/mol. The molecule has 0 atom stereocenters. The molecule has 0 spiro atoms. The zero-order chi connectivity index (χ0) is 11.4. The number of alkyl halides is 2. The van der Waals surface area contributed by atoms with Gasteiger partial charge in [-0.15, -0.1) is 0 Å². The van der Waals surface area contributed by atoms with Crippen LogP contribution in [0.1, 0.15) is 25.0 Å². The lowest BCUT2D eigenvalue weighted by atomic mass is 9.97. The molecule has 1 aromatic carbocycles. The van der Waals surface area contributed by atoms with Crippen LogP contribution < -0.4 is 4.74 Å². The van der Waals surface area contributed by atoms with E-state index in [4.69, 9.17) is 5.26 Å². The van der Waals surface area contributed by atoms with Gasteiger partial charge >= 0.3 is 6.61 Å². The first-order chi connectivity index (χ1) is 7.06. The van der Waals surface area contributed by atoms with Crippen molar-refractivity contribution in [2.75, 3.05) is 0 Å². The van der Waals surface area contributed by atoms with Gasteiger partial charge in [-0.05, 0) is 11.6 Å². The highest BCUT2D eigenvalue weighted by atomic mass is 19.3. The number of nitrogens with zero attached hydrogens (tertiary/aromatic N) is 1. The van der Waals surface area contributed by atoms with Gasteiger partial charge in [-0.1, -0.05) is 26.0 Å². The lowest BCUT2D eigenvalue weighted by Crippen LogP contribution is -2.05. The van der Waals surface area contributed by atoms with Crippen molar-refractivity contribution in [3.05, 3.63) is 35.2 Å². The number of rotatable bonds is 3. The Morgan fingerprint density at radius 1 is 1.40 bits per heavy atom. The van der Waals surface area contributed by atoms with Gasteiger partial charge in [0.15, 0.2) is 0 Å². The second-order valence-corrected chi connectivity index (χ2v) is 3.17. The van der Waals surface area contributed by atoms with Crippen LogP contribution in [0.4, 0.5) is 8.78 Å². The van der Waals surface area contributed by atoms with Crippen molar-refractivity contribution >= 4 is 0 Å². The van der Waals surface area contributed by atoms with E-state index in [1.165, 1.54) is 6.07 Å². The highest BCUT2D eigenvalue weighted by Gasteiger charge is 2.14. The van der Waals surface area contributed by atoms with E-state index in [1.807, 2.05) is 19.9 Å². The quantitative estimate of drug-likeness (QED) is 0.767. The van der Waals surface area contributed by atoms with Gasteiger partial charge in [0.25, 0.3) is 0 Å². The molecule has 0 aromatic heterocycles. The monoisotopic (exact) mass is 210 g/mol. The van der Waals surface area contributed by atoms with Gasteiger partial charge in [0.05, 0.1) is 5.56 Å². The molecule has 4 heteroatoms. The maximum absolute atomic E-state index is 12.0. The molecule has 1 aromatic rings. The molecule has 2 nitrogen and oxygen atoms in total. The third-order valence-corrected chi connectivity index (χ3v) is 1.89. The van der Waals surface area contributed by atoms with Crippen LogP contribution in [0, 0.1) is 17.2 Å². The van der Waals surface area contributed by atoms with Crippen molar-refractivity contribution in [1.82, 2.24) is 0 Å². The summed E-state index contributed by atoms with van der Waals surface area (Å²) in [7, 11) is 0. The molecule has 0 fully saturated rings. The van der Waals surface area contributed by atoms with Crippen LogP contribution in [0.15, 0.2) is 18.2 Å². The maximum Gasteiger partial charge on any atom is 0.387 e. The molecule has 0 saturated carbocycles. The van der Waals surface area contributed by atoms with E-state index in [2.05, 4.69) is 4.74 Å². The van der Waals surface area contributed by atoms with E-state index in [-0.39, 0.29) is 11.3 Å². The topological polar surface area (TPSA) is 33.0 Å². The number of nitriles is 1. The average molecular weight is 210 g/mol. The van der Waals surface area contributed by atoms with Crippen LogP contribution in [0.2, 0.25) is 0 Å². The molecule has 0 N–H and O–H groups in total. The molecule has 0 aliphatic heterocycles. The first kappa shape index (κ1) is 11.4. The highest BCUT2D eigenvalue weighted by molar-refractivity contribution is 5.53. The largest absolute Gasteiger partial charge is 0.433 e. The Bertz CT molecular complexity index is 383. The van der Waals surface area contributed by atoms with Gasteiger partial charge in [0, 0.05) is 5.92 Å². The minimum Gasteiger partial charge on any atom is -0.433 e. The van der Waals surface area contributed by atoms with Gasteiger partial charge in [0.2, 0.25) is 0 Å². The van der Waals surface area contributed by atoms with Crippen molar-refractivity contribution in [3.8, 4) is 11.8 Å². The molecule has 0 bridgehead atoms. The molecule has 0 unspecified atom stereocenters. The third kappa shape index (κ3) is 2.66. The molecule has 0 aliphatic rings. The Kier molecular flexibility index (Phi) is 3.62. The van der Waals surface area contributed by atoms with Crippen LogP contribution in [0.5, 0.6) is 5.75 Å². The smallest absolute Gasteiger partial charge is 0.387 e. The fourth-order valence-electron chi connectivity index (χ4n) is 1.26. The number of hydrogen-bond donors (Lipinski definition) is 0. The van der Waals surface area contributed by atoms with Gasteiger partial charge in [0.1, 0.15) is 11.8 Å². The molecule has 15 heavy (non-hydrogen) atoms. The van der Waals surface area contributed by atoms with Crippen LogP contribution in [-0.2, 0) is 0 Å². The number of ether oxygens (including phenoxy) is 1. The van der Waals surface area contributed by atoms with Gasteiger partial charge in [-0.25, -0.2) is 0 Å². The predicted octanol–water partition coefficient (Wildman–Crippen LogP) is 3.12. The normalized spacial score (nSPS) is 10.5. The molecule has 0 amide bonds. The van der Waals surface area contributed by atoms with E-state index in [9.17, 15) is 8.78 Å². The zero-order valence-corrected chi connectivity index (χ0v) is 8.42. The van der Waals surface area contributed by atoms with E-state index >= 15 is 0 Å². The summed E-state index contributed by atoms with van der Waals surface area (Å²) in [6.45, 7) is 0.703. The highest BCUT2D eigenvalue weighted by Crippen LogP contribution is 2.27. The van der Waals surface area contributed by atoms with Crippen molar-refractivity contribution in [2.45, 2.75) is 20.5 Å². The van der Waals surface area contributed by atoms with Crippen LogP contribution in [0.25, 0.3) is 0 Å². The lowest BCUT2D eigenvalue weighted by Gasteiger charge is -2.11. The van der Waals surface area contributed by atoms with E-state index in [0.717, 1.165) is 5.92 Å². The van der Waals surface area contributed by atoms with Crippen LogP contribution in [-0.4, -0.2) is 6.61 Å². The first-order valence-electron chi connectivity index (χ1n) is 4.34. The molecular formula is C11H10F2NO. The SMILES string of the molecule is C[C](C)c1cccc(OC(F)F)c1C#N. The second kappa shape index (κ2) is 4.74. The van der Waals surface area contributed by atoms with Gasteiger partial charge < -0.3 is 4.74 Å². The average Bonchev–Trinajstić information content (AvgIpc) is 2.16. The maximum atomic E-state index is 12.0. The Morgan fingerprint density at radius 3 is 2.53 bits per heavy atom. The summed E-state index contributed by atoms with van der Waals surface area (Å²) in [6.07, 6.45) is 0. The minimum atomic E-state index is -2.91. The summed E-state index contributed by atoms with van der Waals surface area (Å²) in [5, 5.41) is 8.87. The first-order valence-corrected chi connectivity index (χ1v) is 4.34. The van der Waals surface area contributed by atoms with Crippen LogP contribution in [0.3, 0.4) is 0 Å². The summed E-state index contributed by atoms with van der Waals surface area (Å²) < 4.78 is 28.3. The standard InChI is InChI=1S/C11H10F2NO/c1-7(2)8-4-3-5-10(9(8)6-14)15-11(12)13/h3-5,11H,1-2H3. The molecule has 0 saturated heterocycles. The summed E-state index contributed by atoms with van der Waals surface area (Å²) in [5.74, 6) is 0.803. The Balaban J connectivity index is 3.18. The zero-order valence-electron chi connectivity index (χ0n) is 8.42. The number of halogens is 2. The summed E-state index contributed by atoms with van der Waals surface area (Å²) >= 11 is 0. The minimum absolute atomic E-state index is 0.0776. The Hall–Kier alpha value is -1.63. The van der Waals surface area contributed by atoms with E-state index in [0.29, 0.717) is 5.56 Å². The molecular weight excluding hydrogens is 200 g/mol. The van der Waals surface area contributed by atoms with E-state index < -0.39 is 6.61 Å². The van der Waals surface area contributed by atoms with Crippen molar-refractivity contribution in [3.63, 3.8) is 0 Å². The third-order valence-electron chi connectivity index (χ3n) is 1.89. The van der Waals surface area contributed by atoms with Crippen molar-refractivity contribution < 1.29 is 13.5 Å². The lowest BCUT2D eigenvalue weighted by molar-refractivity contribution is -0.0500. The number of benzene rings is 1.